The molecule has 0 radical (unpaired) electrons. The van der Waals surface area contributed by atoms with Crippen molar-refractivity contribution in [3.63, 3.8) is 0 Å². The van der Waals surface area contributed by atoms with Gasteiger partial charge in [0, 0.05) is 19.3 Å². The Morgan fingerprint density at radius 1 is 1.44 bits per heavy atom. The Hall–Kier alpha value is -1.55. The quantitative estimate of drug-likeness (QED) is 0.864. The number of hydrogen-bond donors (Lipinski definition) is 2. The van der Waals surface area contributed by atoms with Crippen LogP contribution < -0.4 is 10.2 Å². The predicted octanol–water partition coefficient (Wildman–Crippen LogP) is 2.00. The van der Waals surface area contributed by atoms with Gasteiger partial charge in [-0.25, -0.2) is 4.98 Å². The zero-order valence-corrected chi connectivity index (χ0v) is 10.8. The van der Waals surface area contributed by atoms with E-state index in [1.807, 2.05) is 0 Å². The topological polar surface area (TPSA) is 44.0 Å². The highest BCUT2D eigenvalue weighted by Gasteiger charge is 2.14. The van der Waals surface area contributed by atoms with E-state index in [1.54, 1.807) is 6.33 Å². The number of aromatic nitrogens is 2. The third-order valence-electron chi connectivity index (χ3n) is 3.88. The Kier molecular flexibility index (Phi) is 3.19. The maximum absolute atomic E-state index is 4.25. The summed E-state index contributed by atoms with van der Waals surface area (Å²) >= 11 is 0. The summed E-state index contributed by atoms with van der Waals surface area (Å²) in [7, 11) is 2.17. The summed E-state index contributed by atoms with van der Waals surface area (Å²) in [5, 5.41) is 3.42. The monoisotopic (exact) mass is 244 g/mol. The van der Waals surface area contributed by atoms with Crippen LogP contribution in [0.5, 0.6) is 0 Å². The fraction of sp³-hybridized carbons (Fsp3) is 0.500. The molecule has 2 N–H and O–H groups in total. The van der Waals surface area contributed by atoms with Crippen molar-refractivity contribution in [3.05, 3.63) is 24.5 Å². The van der Waals surface area contributed by atoms with Gasteiger partial charge in [-0.2, -0.15) is 0 Å². The number of rotatable bonds is 4. The van der Waals surface area contributed by atoms with Gasteiger partial charge in [-0.1, -0.05) is 0 Å². The van der Waals surface area contributed by atoms with Crippen LogP contribution in [0, 0.1) is 5.92 Å². The molecule has 4 nitrogen and oxygen atoms in total. The maximum Gasteiger partial charge on any atom is 0.0931 e. The number of anilines is 1. The molecule has 3 rings (SSSR count). The molecule has 0 amide bonds. The number of imidazole rings is 1. The van der Waals surface area contributed by atoms with E-state index in [0.717, 1.165) is 23.5 Å². The second-order valence-corrected chi connectivity index (χ2v) is 5.17. The van der Waals surface area contributed by atoms with Gasteiger partial charge in [-0.05, 0) is 50.0 Å². The SMILES string of the molecule is CN(CCC1CCNC1)c1ccc2nc[nH]c2c1. The van der Waals surface area contributed by atoms with Crippen LogP contribution in [0.1, 0.15) is 12.8 Å². The van der Waals surface area contributed by atoms with Crippen molar-refractivity contribution >= 4 is 16.7 Å². The van der Waals surface area contributed by atoms with Gasteiger partial charge in [-0.3, -0.25) is 0 Å². The smallest absolute Gasteiger partial charge is 0.0931 e. The van der Waals surface area contributed by atoms with E-state index < -0.39 is 0 Å². The van der Waals surface area contributed by atoms with Gasteiger partial charge in [0.2, 0.25) is 0 Å². The third kappa shape index (κ3) is 2.34. The Labute approximate surface area is 107 Å². The zero-order chi connectivity index (χ0) is 12.4. The predicted molar refractivity (Wildman–Crippen MR) is 75.0 cm³/mol. The average molecular weight is 244 g/mol. The number of H-pyrrole nitrogens is 1. The zero-order valence-electron chi connectivity index (χ0n) is 10.8. The molecule has 18 heavy (non-hydrogen) atoms. The van der Waals surface area contributed by atoms with Gasteiger partial charge in [0.15, 0.2) is 0 Å². The molecule has 1 aromatic heterocycles. The van der Waals surface area contributed by atoms with Crippen molar-refractivity contribution in [3.8, 4) is 0 Å². The van der Waals surface area contributed by atoms with Crippen LogP contribution in [-0.2, 0) is 0 Å². The van der Waals surface area contributed by atoms with Crippen LogP contribution in [0.2, 0.25) is 0 Å². The molecular formula is C14H20N4. The van der Waals surface area contributed by atoms with Crippen LogP contribution in [-0.4, -0.2) is 36.6 Å². The summed E-state index contributed by atoms with van der Waals surface area (Å²) in [6.45, 7) is 3.49. The molecule has 1 aliphatic heterocycles. The number of hydrogen-bond acceptors (Lipinski definition) is 3. The average Bonchev–Trinajstić information content (AvgIpc) is 3.05. The van der Waals surface area contributed by atoms with Crippen LogP contribution in [0.4, 0.5) is 5.69 Å². The van der Waals surface area contributed by atoms with Crippen LogP contribution in [0.25, 0.3) is 11.0 Å². The summed E-state index contributed by atoms with van der Waals surface area (Å²) < 4.78 is 0. The van der Waals surface area contributed by atoms with Crippen molar-refractivity contribution in [2.75, 3.05) is 31.6 Å². The molecule has 1 unspecified atom stereocenters. The lowest BCUT2D eigenvalue weighted by Crippen LogP contribution is -2.21. The normalized spacial score (nSPS) is 19.5. The van der Waals surface area contributed by atoms with Crippen LogP contribution in [0.3, 0.4) is 0 Å². The fourth-order valence-corrected chi connectivity index (χ4v) is 2.63. The van der Waals surface area contributed by atoms with Gasteiger partial charge in [0.25, 0.3) is 0 Å². The van der Waals surface area contributed by atoms with Crippen molar-refractivity contribution in [2.24, 2.45) is 5.92 Å². The largest absolute Gasteiger partial charge is 0.375 e. The lowest BCUT2D eigenvalue weighted by molar-refractivity contribution is 0.534. The highest BCUT2D eigenvalue weighted by molar-refractivity contribution is 5.78. The van der Waals surface area contributed by atoms with E-state index in [-0.39, 0.29) is 0 Å². The molecule has 96 valence electrons. The Morgan fingerprint density at radius 2 is 2.39 bits per heavy atom. The molecule has 0 bridgehead atoms. The lowest BCUT2D eigenvalue weighted by atomic mass is 10.0. The van der Waals surface area contributed by atoms with E-state index in [0.29, 0.717) is 0 Å². The van der Waals surface area contributed by atoms with Gasteiger partial charge in [0.05, 0.1) is 17.4 Å². The Morgan fingerprint density at radius 3 is 3.22 bits per heavy atom. The van der Waals surface area contributed by atoms with Gasteiger partial charge in [-0.15, -0.1) is 0 Å². The first-order chi connectivity index (χ1) is 8.83. The van der Waals surface area contributed by atoms with Crippen molar-refractivity contribution in [2.45, 2.75) is 12.8 Å². The molecule has 1 saturated heterocycles. The lowest BCUT2D eigenvalue weighted by Gasteiger charge is -2.21. The van der Waals surface area contributed by atoms with Crippen molar-refractivity contribution in [1.29, 1.82) is 0 Å². The van der Waals surface area contributed by atoms with E-state index >= 15 is 0 Å². The summed E-state index contributed by atoms with van der Waals surface area (Å²) in [5.41, 5.74) is 3.41. The first-order valence-electron chi connectivity index (χ1n) is 6.68. The van der Waals surface area contributed by atoms with Gasteiger partial charge in [0.1, 0.15) is 0 Å². The number of benzene rings is 1. The Balaban J connectivity index is 1.65. The molecule has 1 aromatic carbocycles. The molecule has 0 aliphatic carbocycles. The summed E-state index contributed by atoms with van der Waals surface area (Å²) in [4.78, 5) is 9.74. The summed E-state index contributed by atoms with van der Waals surface area (Å²) in [5.74, 6) is 0.850. The summed E-state index contributed by atoms with van der Waals surface area (Å²) in [6.07, 6.45) is 4.34. The minimum absolute atomic E-state index is 0.850. The standard InChI is InChI=1S/C14H20N4/c1-18(7-5-11-4-6-15-9-11)12-2-3-13-14(8-12)17-10-16-13/h2-3,8,10-11,15H,4-7,9H2,1H3,(H,16,17). The molecule has 4 heteroatoms. The second-order valence-electron chi connectivity index (χ2n) is 5.17. The molecular weight excluding hydrogens is 224 g/mol. The molecule has 0 saturated carbocycles. The number of aromatic amines is 1. The first-order valence-corrected chi connectivity index (χ1v) is 6.68. The molecule has 1 aliphatic rings. The molecule has 2 aromatic rings. The third-order valence-corrected chi connectivity index (χ3v) is 3.88. The number of fused-ring (bicyclic) bond motifs is 1. The van der Waals surface area contributed by atoms with Crippen LogP contribution in [0.15, 0.2) is 24.5 Å². The maximum atomic E-state index is 4.25. The van der Waals surface area contributed by atoms with Gasteiger partial charge >= 0.3 is 0 Å². The first kappa shape index (κ1) is 11.5. The molecule has 2 heterocycles. The van der Waals surface area contributed by atoms with Gasteiger partial charge < -0.3 is 15.2 Å². The molecule has 1 atom stereocenters. The molecule has 1 fully saturated rings. The van der Waals surface area contributed by atoms with E-state index in [4.69, 9.17) is 0 Å². The van der Waals surface area contributed by atoms with E-state index in [9.17, 15) is 0 Å². The summed E-state index contributed by atoms with van der Waals surface area (Å²) in [6, 6.07) is 6.40. The van der Waals surface area contributed by atoms with Crippen molar-refractivity contribution in [1.82, 2.24) is 15.3 Å². The number of nitrogens with zero attached hydrogens (tertiary/aromatic N) is 2. The fourth-order valence-electron chi connectivity index (χ4n) is 2.63. The minimum Gasteiger partial charge on any atom is -0.375 e. The second kappa shape index (κ2) is 4.98. The van der Waals surface area contributed by atoms with Crippen molar-refractivity contribution < 1.29 is 0 Å². The minimum atomic E-state index is 0.850. The molecule has 0 spiro atoms. The van der Waals surface area contributed by atoms with Crippen LogP contribution >= 0.6 is 0 Å². The van der Waals surface area contributed by atoms with E-state index in [2.05, 4.69) is 45.4 Å². The van der Waals surface area contributed by atoms with E-state index in [1.165, 1.54) is 31.6 Å². The highest BCUT2D eigenvalue weighted by Crippen LogP contribution is 2.20. The highest BCUT2D eigenvalue weighted by atomic mass is 15.1. The Bertz CT molecular complexity index is 513. The number of nitrogens with one attached hydrogen (secondary N) is 2.